The zero-order chi connectivity index (χ0) is 42.9. The van der Waals surface area contributed by atoms with E-state index in [1.54, 1.807) is 74.5 Å². The summed E-state index contributed by atoms with van der Waals surface area (Å²) in [6.45, 7) is 3.47. The lowest BCUT2D eigenvalue weighted by atomic mass is 9.98. The van der Waals surface area contributed by atoms with E-state index >= 15 is 0 Å². The van der Waals surface area contributed by atoms with Crippen LogP contribution in [0.3, 0.4) is 0 Å². The van der Waals surface area contributed by atoms with Crippen molar-refractivity contribution >= 4 is 11.8 Å². The molecule has 0 saturated heterocycles. The summed E-state index contributed by atoms with van der Waals surface area (Å²) in [5, 5.41) is 0. The van der Waals surface area contributed by atoms with Crippen molar-refractivity contribution in [1.29, 1.82) is 0 Å². The van der Waals surface area contributed by atoms with E-state index in [-0.39, 0.29) is 22.9 Å². The number of nitrogens with zero attached hydrogens (tertiary/aromatic N) is 2. The molecule has 4 nitrogen and oxygen atoms in total. The third-order valence-electron chi connectivity index (χ3n) is 9.90. The average molecular weight is 835 g/mol. The average Bonchev–Trinajstić information content (AvgIpc) is 3.79. The maximum atomic E-state index is 14.0. The van der Waals surface area contributed by atoms with Crippen LogP contribution in [-0.2, 0) is 21.8 Å². The van der Waals surface area contributed by atoms with Gasteiger partial charge in [0.15, 0.2) is 0 Å². The quantitative estimate of drug-likeness (QED) is 0.157. The molecule has 0 radical (unpaired) electrons. The molecule has 4 atom stereocenters. The third-order valence-corrected chi connectivity index (χ3v) is 9.90. The lowest BCUT2D eigenvalue weighted by Crippen LogP contribution is -2.14. The molecule has 2 aliphatic heterocycles. The first-order valence-electron chi connectivity index (χ1n) is 18.4. The summed E-state index contributed by atoms with van der Waals surface area (Å²) < 4.78 is 145. The van der Waals surface area contributed by atoms with Crippen molar-refractivity contribution in [2.75, 3.05) is 0 Å². The molecular weight excluding hydrogens is 802 g/mol. The molecule has 0 aromatic heterocycles. The predicted molar refractivity (Wildman–Crippen MR) is 206 cm³/mol. The molecule has 60 heavy (non-hydrogen) atoms. The SMILES string of the molecule is C[C@@H]1OC(c2c(F)cccc2F)=N[C@@H]1c1ccc(-c2cccc(C(F)(F)F)c2)cc1.C[C@H]1OC(c2c(F)cccc2F)=N[C@H]1c1ccc(-c2cccc(C(F)(F)F)c2)cc1. The molecule has 0 spiro atoms. The van der Waals surface area contributed by atoms with Crippen LogP contribution in [0, 0.1) is 23.3 Å². The summed E-state index contributed by atoms with van der Waals surface area (Å²) in [5.41, 5.74) is 1.48. The fraction of sp³-hybridized carbons (Fsp3) is 0.174. The second-order valence-electron chi connectivity index (χ2n) is 14.0. The molecule has 8 rings (SSSR count). The van der Waals surface area contributed by atoms with Gasteiger partial charge in [0.1, 0.15) is 58.7 Å². The van der Waals surface area contributed by atoms with Gasteiger partial charge in [0, 0.05) is 0 Å². The highest BCUT2D eigenvalue weighted by atomic mass is 19.4. The Morgan fingerprint density at radius 2 is 0.733 bits per heavy atom. The van der Waals surface area contributed by atoms with Crippen molar-refractivity contribution in [2.45, 2.75) is 50.5 Å². The van der Waals surface area contributed by atoms with Gasteiger partial charge in [-0.05, 0) is 95.8 Å². The van der Waals surface area contributed by atoms with Gasteiger partial charge in [-0.3, -0.25) is 0 Å². The van der Waals surface area contributed by atoms with E-state index in [0.29, 0.717) is 22.3 Å². The minimum absolute atomic E-state index is 0.106. The zero-order valence-electron chi connectivity index (χ0n) is 31.5. The lowest BCUT2D eigenvalue weighted by molar-refractivity contribution is -0.138. The van der Waals surface area contributed by atoms with Crippen LogP contribution in [0.5, 0.6) is 0 Å². The van der Waals surface area contributed by atoms with Gasteiger partial charge in [0.2, 0.25) is 11.8 Å². The molecule has 2 aliphatic rings. The molecule has 14 heteroatoms. The van der Waals surface area contributed by atoms with Crippen molar-refractivity contribution in [1.82, 2.24) is 0 Å². The second-order valence-corrected chi connectivity index (χ2v) is 14.0. The second kappa shape index (κ2) is 16.7. The Morgan fingerprint density at radius 1 is 0.417 bits per heavy atom. The van der Waals surface area contributed by atoms with Crippen LogP contribution in [0.25, 0.3) is 22.3 Å². The summed E-state index contributed by atoms with van der Waals surface area (Å²) in [4.78, 5) is 8.69. The highest BCUT2D eigenvalue weighted by Gasteiger charge is 2.35. The summed E-state index contributed by atoms with van der Waals surface area (Å²) >= 11 is 0. The molecule has 6 aromatic rings. The van der Waals surface area contributed by atoms with Gasteiger partial charge < -0.3 is 9.47 Å². The number of halogens is 10. The molecular formula is C46H32F10N2O2. The first kappa shape index (κ1) is 41.7. The normalized spacial score (nSPS) is 18.8. The number of benzene rings is 6. The lowest BCUT2D eigenvalue weighted by Gasteiger charge is -2.14. The molecule has 0 bridgehead atoms. The van der Waals surface area contributed by atoms with Crippen molar-refractivity contribution in [3.05, 3.63) is 190 Å². The predicted octanol–water partition coefficient (Wildman–Crippen LogP) is 13.1. The highest BCUT2D eigenvalue weighted by Crippen LogP contribution is 2.37. The molecule has 308 valence electrons. The van der Waals surface area contributed by atoms with Crippen LogP contribution in [0.15, 0.2) is 143 Å². The molecule has 0 amide bonds. The van der Waals surface area contributed by atoms with E-state index < -0.39 is 71.0 Å². The van der Waals surface area contributed by atoms with Crippen LogP contribution in [-0.4, -0.2) is 24.0 Å². The maximum Gasteiger partial charge on any atom is 0.416 e. The van der Waals surface area contributed by atoms with Crippen LogP contribution < -0.4 is 0 Å². The molecule has 0 unspecified atom stereocenters. The zero-order valence-corrected chi connectivity index (χ0v) is 31.5. The van der Waals surface area contributed by atoms with E-state index in [2.05, 4.69) is 9.98 Å². The van der Waals surface area contributed by atoms with Crippen molar-refractivity contribution in [3.8, 4) is 22.3 Å². The first-order chi connectivity index (χ1) is 28.5. The maximum absolute atomic E-state index is 14.0. The van der Waals surface area contributed by atoms with Gasteiger partial charge in [-0.1, -0.05) is 84.9 Å². The van der Waals surface area contributed by atoms with Crippen LogP contribution in [0.4, 0.5) is 43.9 Å². The van der Waals surface area contributed by atoms with E-state index in [1.807, 2.05) is 0 Å². The fourth-order valence-corrected chi connectivity index (χ4v) is 6.84. The molecule has 6 aromatic carbocycles. The Labute approximate surface area is 337 Å². The fourth-order valence-electron chi connectivity index (χ4n) is 6.84. The Kier molecular flexibility index (Phi) is 11.6. The Hall–Kier alpha value is -6.44. The summed E-state index contributed by atoms with van der Waals surface area (Å²) in [7, 11) is 0. The minimum atomic E-state index is -4.42. The molecule has 0 aliphatic carbocycles. The van der Waals surface area contributed by atoms with E-state index in [1.165, 1.54) is 24.3 Å². The standard InChI is InChI=1S/2C23H16F5NO/c2*1-13-21(29-22(30-13)20-18(24)6-3-7-19(20)25)15-10-8-14(9-11-15)16-4-2-5-17(12-16)23(26,27)28/h2*2-13,21H,1H3/t2*13-,21-/m10/s1. The largest absolute Gasteiger partial charge is 0.472 e. The van der Waals surface area contributed by atoms with Gasteiger partial charge in [0.05, 0.1) is 11.1 Å². The highest BCUT2D eigenvalue weighted by molar-refractivity contribution is 5.96. The van der Waals surface area contributed by atoms with E-state index in [4.69, 9.17) is 9.47 Å². The van der Waals surface area contributed by atoms with Crippen LogP contribution in [0.1, 0.15) is 59.3 Å². The first-order valence-corrected chi connectivity index (χ1v) is 18.4. The smallest absolute Gasteiger partial charge is 0.416 e. The van der Waals surface area contributed by atoms with Gasteiger partial charge in [-0.2, -0.15) is 26.3 Å². The van der Waals surface area contributed by atoms with E-state index in [0.717, 1.165) is 59.7 Å². The Morgan fingerprint density at radius 3 is 1.05 bits per heavy atom. The van der Waals surface area contributed by atoms with Crippen molar-refractivity contribution < 1.29 is 53.4 Å². The minimum Gasteiger partial charge on any atom is -0.472 e. The summed E-state index contributed by atoms with van der Waals surface area (Å²) in [6.07, 6.45) is -9.75. The number of alkyl halides is 6. The van der Waals surface area contributed by atoms with Gasteiger partial charge in [-0.15, -0.1) is 0 Å². The summed E-state index contributed by atoms with van der Waals surface area (Å²) in [6, 6.07) is 29.9. The number of rotatable bonds is 6. The van der Waals surface area contributed by atoms with Gasteiger partial charge in [0.25, 0.3) is 0 Å². The topological polar surface area (TPSA) is 43.2 Å². The number of hydrogen-bond acceptors (Lipinski definition) is 4. The van der Waals surface area contributed by atoms with Crippen LogP contribution >= 0.6 is 0 Å². The molecule has 2 heterocycles. The van der Waals surface area contributed by atoms with Gasteiger partial charge >= 0.3 is 12.4 Å². The Balaban J connectivity index is 0.000000181. The number of ether oxygens (including phenoxy) is 2. The van der Waals surface area contributed by atoms with Crippen LogP contribution in [0.2, 0.25) is 0 Å². The number of hydrogen-bond donors (Lipinski definition) is 0. The number of aliphatic imine (C=N–C) groups is 2. The van der Waals surface area contributed by atoms with E-state index in [9.17, 15) is 43.9 Å². The monoisotopic (exact) mass is 834 g/mol. The summed E-state index contributed by atoms with van der Waals surface area (Å²) in [5.74, 6) is -3.26. The molecule has 0 fully saturated rings. The Bertz CT molecular complexity index is 2350. The van der Waals surface area contributed by atoms with Crippen molar-refractivity contribution in [3.63, 3.8) is 0 Å². The molecule has 0 saturated carbocycles. The third kappa shape index (κ3) is 8.92. The van der Waals surface area contributed by atoms with Gasteiger partial charge in [-0.25, -0.2) is 27.5 Å². The van der Waals surface area contributed by atoms with Crippen molar-refractivity contribution in [2.24, 2.45) is 9.98 Å². The molecule has 0 N–H and O–H groups in total.